The van der Waals surface area contributed by atoms with Crippen LogP contribution in [0.25, 0.3) is 0 Å². The summed E-state index contributed by atoms with van der Waals surface area (Å²) in [5.41, 5.74) is 4.23. The summed E-state index contributed by atoms with van der Waals surface area (Å²) in [6.07, 6.45) is 0.512. The summed E-state index contributed by atoms with van der Waals surface area (Å²) in [6, 6.07) is 14.4. The normalized spacial score (nSPS) is 16.3. The lowest BCUT2D eigenvalue weighted by molar-refractivity contribution is -0.116. The smallest absolute Gasteiger partial charge is 0.225 e. The van der Waals surface area contributed by atoms with Crippen molar-refractivity contribution in [3.63, 3.8) is 0 Å². The van der Waals surface area contributed by atoms with E-state index in [0.717, 1.165) is 40.6 Å². The SMILES string of the molecule is Cc1cccc(COc2ccc(NC(=O)CC3CSCCN3)c(C)c2)c1.Cl. The van der Waals surface area contributed by atoms with Crippen LogP contribution in [0.15, 0.2) is 42.5 Å². The molecule has 2 N–H and O–H groups in total. The van der Waals surface area contributed by atoms with E-state index in [0.29, 0.717) is 13.0 Å². The quantitative estimate of drug-likeness (QED) is 0.749. The van der Waals surface area contributed by atoms with Crippen LogP contribution in [-0.4, -0.2) is 30.0 Å². The molecule has 1 aliphatic heterocycles. The average molecular weight is 407 g/mol. The number of carbonyl (C=O) groups is 1. The summed E-state index contributed by atoms with van der Waals surface area (Å²) in [4.78, 5) is 12.3. The Hall–Kier alpha value is -1.69. The number of carbonyl (C=O) groups excluding carboxylic acids is 1. The monoisotopic (exact) mass is 406 g/mol. The van der Waals surface area contributed by atoms with Crippen molar-refractivity contribution in [2.45, 2.75) is 32.9 Å². The third-order valence-electron chi connectivity index (χ3n) is 4.39. The van der Waals surface area contributed by atoms with E-state index in [1.54, 1.807) is 0 Å². The molecule has 2 aromatic rings. The van der Waals surface area contributed by atoms with Gasteiger partial charge in [-0.1, -0.05) is 29.8 Å². The molecule has 1 unspecified atom stereocenters. The highest BCUT2D eigenvalue weighted by Crippen LogP contribution is 2.23. The molecule has 2 aromatic carbocycles. The predicted molar refractivity (Wildman–Crippen MR) is 116 cm³/mol. The average Bonchev–Trinajstić information content (AvgIpc) is 2.63. The number of anilines is 1. The van der Waals surface area contributed by atoms with Crippen LogP contribution in [0.2, 0.25) is 0 Å². The number of nitrogens with one attached hydrogen (secondary N) is 2. The molecule has 0 saturated carbocycles. The van der Waals surface area contributed by atoms with Gasteiger partial charge in [0, 0.05) is 36.2 Å². The van der Waals surface area contributed by atoms with Crippen molar-refractivity contribution in [2.75, 3.05) is 23.4 Å². The molecule has 4 nitrogen and oxygen atoms in total. The van der Waals surface area contributed by atoms with E-state index in [-0.39, 0.29) is 24.4 Å². The Labute approximate surface area is 171 Å². The van der Waals surface area contributed by atoms with Crippen LogP contribution in [0.3, 0.4) is 0 Å². The van der Waals surface area contributed by atoms with Crippen LogP contribution in [0.1, 0.15) is 23.1 Å². The highest BCUT2D eigenvalue weighted by atomic mass is 35.5. The van der Waals surface area contributed by atoms with Gasteiger partial charge in [0.1, 0.15) is 12.4 Å². The van der Waals surface area contributed by atoms with Gasteiger partial charge in [-0.05, 0) is 43.2 Å². The van der Waals surface area contributed by atoms with Gasteiger partial charge in [-0.25, -0.2) is 0 Å². The number of halogens is 1. The van der Waals surface area contributed by atoms with E-state index in [1.165, 1.54) is 5.56 Å². The zero-order chi connectivity index (χ0) is 18.4. The Morgan fingerprint density at radius 3 is 2.81 bits per heavy atom. The van der Waals surface area contributed by atoms with E-state index in [1.807, 2.05) is 43.0 Å². The molecule has 0 aromatic heterocycles. The molecule has 1 atom stereocenters. The van der Waals surface area contributed by atoms with Crippen LogP contribution in [0.5, 0.6) is 5.75 Å². The van der Waals surface area contributed by atoms with Gasteiger partial charge in [0.05, 0.1) is 0 Å². The summed E-state index contributed by atoms with van der Waals surface area (Å²) < 4.78 is 5.88. The molecule has 0 spiro atoms. The van der Waals surface area contributed by atoms with E-state index >= 15 is 0 Å². The molecule has 1 amide bonds. The molecule has 1 aliphatic rings. The van der Waals surface area contributed by atoms with Crippen molar-refractivity contribution in [3.8, 4) is 5.75 Å². The first-order valence-corrected chi connectivity index (χ1v) is 10.2. The highest BCUT2D eigenvalue weighted by molar-refractivity contribution is 7.99. The van der Waals surface area contributed by atoms with Crippen molar-refractivity contribution < 1.29 is 9.53 Å². The maximum absolute atomic E-state index is 12.3. The van der Waals surface area contributed by atoms with Gasteiger partial charge in [0.15, 0.2) is 0 Å². The molecule has 0 radical (unpaired) electrons. The lowest BCUT2D eigenvalue weighted by atomic mass is 10.1. The molecule has 1 heterocycles. The lowest BCUT2D eigenvalue weighted by Gasteiger charge is -2.22. The first-order chi connectivity index (χ1) is 12.6. The van der Waals surface area contributed by atoms with Gasteiger partial charge in [0.2, 0.25) is 5.91 Å². The number of rotatable bonds is 6. The predicted octanol–water partition coefficient (Wildman–Crippen LogP) is 4.34. The number of ether oxygens (including phenoxy) is 1. The topological polar surface area (TPSA) is 50.4 Å². The molecule has 27 heavy (non-hydrogen) atoms. The second kappa shape index (κ2) is 10.6. The first-order valence-electron chi connectivity index (χ1n) is 9.00. The maximum Gasteiger partial charge on any atom is 0.225 e. The van der Waals surface area contributed by atoms with Gasteiger partial charge in [-0.2, -0.15) is 11.8 Å². The molecule has 1 fully saturated rings. The molecular formula is C21H27ClN2O2S. The van der Waals surface area contributed by atoms with Crippen LogP contribution in [-0.2, 0) is 11.4 Å². The van der Waals surface area contributed by atoms with E-state index < -0.39 is 0 Å². The van der Waals surface area contributed by atoms with E-state index in [9.17, 15) is 4.79 Å². The van der Waals surface area contributed by atoms with Gasteiger partial charge < -0.3 is 15.4 Å². The standard InChI is InChI=1S/C21H26N2O2S.ClH/c1-15-4-3-5-17(10-15)13-25-19-6-7-20(16(2)11-19)23-21(24)12-18-14-26-9-8-22-18;/h3-7,10-11,18,22H,8-9,12-14H2,1-2H3,(H,23,24);1H. The van der Waals surface area contributed by atoms with Gasteiger partial charge >= 0.3 is 0 Å². The number of aryl methyl sites for hydroxylation is 2. The van der Waals surface area contributed by atoms with Crippen LogP contribution >= 0.6 is 24.2 Å². The number of benzene rings is 2. The van der Waals surface area contributed by atoms with Crippen molar-refractivity contribution in [1.82, 2.24) is 5.32 Å². The molecule has 0 bridgehead atoms. The third kappa shape index (κ3) is 6.76. The summed E-state index contributed by atoms with van der Waals surface area (Å²) >= 11 is 1.90. The second-order valence-corrected chi connectivity index (χ2v) is 7.88. The van der Waals surface area contributed by atoms with E-state index in [4.69, 9.17) is 4.74 Å². The molecule has 6 heteroatoms. The second-order valence-electron chi connectivity index (χ2n) is 6.73. The Kier molecular flexibility index (Phi) is 8.48. The first kappa shape index (κ1) is 21.6. The van der Waals surface area contributed by atoms with Crippen LogP contribution < -0.4 is 15.4 Å². The Morgan fingerprint density at radius 2 is 2.11 bits per heavy atom. The minimum absolute atomic E-state index is 0. The molecule has 3 rings (SSSR count). The summed E-state index contributed by atoms with van der Waals surface area (Å²) in [7, 11) is 0. The van der Waals surface area contributed by atoms with Gasteiger partial charge in [-0.15, -0.1) is 12.4 Å². The zero-order valence-corrected chi connectivity index (χ0v) is 17.4. The van der Waals surface area contributed by atoms with Crippen molar-refractivity contribution >= 4 is 35.8 Å². The zero-order valence-electron chi connectivity index (χ0n) is 15.8. The fraction of sp³-hybridized carbons (Fsp3) is 0.381. The number of amides is 1. The number of hydrogen-bond donors (Lipinski definition) is 2. The molecular weight excluding hydrogens is 380 g/mol. The van der Waals surface area contributed by atoms with Crippen molar-refractivity contribution in [3.05, 3.63) is 59.2 Å². The molecule has 146 valence electrons. The fourth-order valence-corrected chi connectivity index (χ4v) is 3.96. The van der Waals surface area contributed by atoms with Crippen LogP contribution in [0, 0.1) is 13.8 Å². The van der Waals surface area contributed by atoms with Gasteiger partial charge in [-0.3, -0.25) is 4.79 Å². The van der Waals surface area contributed by atoms with E-state index in [2.05, 4.69) is 35.8 Å². The minimum atomic E-state index is 0. The Bertz CT molecular complexity index is 764. The molecule has 1 saturated heterocycles. The Morgan fingerprint density at radius 1 is 1.26 bits per heavy atom. The van der Waals surface area contributed by atoms with Gasteiger partial charge in [0.25, 0.3) is 0 Å². The summed E-state index contributed by atoms with van der Waals surface area (Å²) in [6.45, 7) is 5.59. The molecule has 0 aliphatic carbocycles. The van der Waals surface area contributed by atoms with Crippen LogP contribution in [0.4, 0.5) is 5.69 Å². The Balaban J connectivity index is 0.00000261. The summed E-state index contributed by atoms with van der Waals surface area (Å²) in [5, 5.41) is 6.42. The lowest BCUT2D eigenvalue weighted by Crippen LogP contribution is -2.39. The number of thioether (sulfide) groups is 1. The highest BCUT2D eigenvalue weighted by Gasteiger charge is 2.17. The van der Waals surface area contributed by atoms with Crippen molar-refractivity contribution in [2.24, 2.45) is 0 Å². The largest absolute Gasteiger partial charge is 0.489 e. The minimum Gasteiger partial charge on any atom is -0.489 e. The van der Waals surface area contributed by atoms with Crippen molar-refractivity contribution in [1.29, 1.82) is 0 Å². The summed E-state index contributed by atoms with van der Waals surface area (Å²) in [5.74, 6) is 2.99. The maximum atomic E-state index is 12.3. The fourth-order valence-electron chi connectivity index (χ4n) is 3.01. The third-order valence-corrected chi connectivity index (χ3v) is 5.52. The number of hydrogen-bond acceptors (Lipinski definition) is 4.